The van der Waals surface area contributed by atoms with Crippen molar-refractivity contribution in [2.45, 2.75) is 12.1 Å². The summed E-state index contributed by atoms with van der Waals surface area (Å²) in [6.07, 6.45) is 1.95. The van der Waals surface area contributed by atoms with Crippen LogP contribution in [0, 0.1) is 6.92 Å². The maximum Gasteiger partial charge on any atom is 0.213 e. The molecule has 2 aromatic rings. The molecule has 1 heterocycles. The molecule has 14 heavy (non-hydrogen) atoms. The van der Waals surface area contributed by atoms with Gasteiger partial charge in [0.2, 0.25) is 5.16 Å². The molecule has 0 saturated heterocycles. The minimum Gasteiger partial charge on any atom is -0.188 e. The summed E-state index contributed by atoms with van der Waals surface area (Å²) in [5.41, 5.74) is 2.22. The zero-order valence-electron chi connectivity index (χ0n) is 8.01. The lowest BCUT2D eigenvalue weighted by Crippen LogP contribution is -1.98. The molecule has 0 aliphatic carbocycles. The molecule has 0 amide bonds. The summed E-state index contributed by atoms with van der Waals surface area (Å²) in [5.74, 6) is 0. The van der Waals surface area contributed by atoms with Crippen LogP contribution in [0.1, 0.15) is 5.56 Å². The maximum atomic E-state index is 3.92. The van der Waals surface area contributed by atoms with Crippen LogP contribution in [0.5, 0.6) is 0 Å². The summed E-state index contributed by atoms with van der Waals surface area (Å²) in [5, 5.41) is 12.3. The largest absolute Gasteiger partial charge is 0.213 e. The van der Waals surface area contributed by atoms with Crippen molar-refractivity contribution in [2.24, 2.45) is 0 Å². The fourth-order valence-corrected chi connectivity index (χ4v) is 1.59. The molecule has 0 atom stereocenters. The van der Waals surface area contributed by atoms with Gasteiger partial charge in [0.25, 0.3) is 0 Å². The number of thioether (sulfide) groups is 1. The van der Waals surface area contributed by atoms with Gasteiger partial charge < -0.3 is 0 Å². The van der Waals surface area contributed by atoms with Crippen molar-refractivity contribution in [3.63, 3.8) is 0 Å². The number of hydrogen-bond acceptors (Lipinski definition) is 4. The Morgan fingerprint density at radius 1 is 1.21 bits per heavy atom. The summed E-state index contributed by atoms with van der Waals surface area (Å²) in [6, 6.07) is 8.10. The molecule has 0 N–H and O–H groups in total. The average molecular weight is 206 g/mol. The third-order valence-electron chi connectivity index (χ3n) is 1.90. The van der Waals surface area contributed by atoms with Crippen LogP contribution in [0.15, 0.2) is 29.4 Å². The van der Waals surface area contributed by atoms with Gasteiger partial charge in [0.05, 0.1) is 5.69 Å². The Bertz CT molecular complexity index is 421. The van der Waals surface area contributed by atoms with Crippen LogP contribution in [0.3, 0.4) is 0 Å². The van der Waals surface area contributed by atoms with E-state index in [0.29, 0.717) is 0 Å². The Balaban J connectivity index is 2.44. The highest BCUT2D eigenvalue weighted by molar-refractivity contribution is 7.98. The van der Waals surface area contributed by atoms with E-state index >= 15 is 0 Å². The molecule has 1 aromatic heterocycles. The topological polar surface area (TPSA) is 43.6 Å². The lowest BCUT2D eigenvalue weighted by Gasteiger charge is -2.01. The van der Waals surface area contributed by atoms with Crippen molar-refractivity contribution >= 4 is 11.8 Å². The van der Waals surface area contributed by atoms with Gasteiger partial charge in [-0.15, -0.1) is 5.10 Å². The Morgan fingerprint density at radius 3 is 2.57 bits per heavy atom. The molecule has 0 aliphatic rings. The maximum absolute atomic E-state index is 3.92. The van der Waals surface area contributed by atoms with E-state index in [-0.39, 0.29) is 0 Å². The highest BCUT2D eigenvalue weighted by Crippen LogP contribution is 2.15. The van der Waals surface area contributed by atoms with E-state index in [1.165, 1.54) is 17.3 Å². The first-order valence-electron chi connectivity index (χ1n) is 4.20. The molecule has 0 fully saturated rings. The molecule has 0 radical (unpaired) electrons. The number of tetrazole rings is 1. The first kappa shape index (κ1) is 9.21. The SMILES string of the molecule is CSc1nnnn1-c1ccc(C)cc1. The van der Waals surface area contributed by atoms with E-state index in [1.54, 1.807) is 4.68 Å². The molecule has 0 bridgehead atoms. The van der Waals surface area contributed by atoms with Gasteiger partial charge in [-0.05, 0) is 35.7 Å². The van der Waals surface area contributed by atoms with E-state index in [0.717, 1.165) is 10.8 Å². The van der Waals surface area contributed by atoms with Crippen molar-refractivity contribution in [3.8, 4) is 5.69 Å². The second-order valence-electron chi connectivity index (χ2n) is 2.91. The third kappa shape index (κ3) is 1.63. The highest BCUT2D eigenvalue weighted by Gasteiger charge is 2.05. The minimum atomic E-state index is 0.800. The highest BCUT2D eigenvalue weighted by atomic mass is 32.2. The van der Waals surface area contributed by atoms with E-state index in [4.69, 9.17) is 0 Å². The van der Waals surface area contributed by atoms with Crippen LogP contribution in [0.25, 0.3) is 5.69 Å². The lowest BCUT2D eigenvalue weighted by molar-refractivity contribution is 0.757. The molecule has 0 aliphatic heterocycles. The fraction of sp³-hybridized carbons (Fsp3) is 0.222. The molecule has 5 heteroatoms. The average Bonchev–Trinajstić information content (AvgIpc) is 2.67. The van der Waals surface area contributed by atoms with Gasteiger partial charge in [0.1, 0.15) is 0 Å². The van der Waals surface area contributed by atoms with E-state index < -0.39 is 0 Å². The van der Waals surface area contributed by atoms with E-state index in [1.807, 2.05) is 30.5 Å². The van der Waals surface area contributed by atoms with Gasteiger partial charge in [-0.2, -0.15) is 4.68 Å². The Morgan fingerprint density at radius 2 is 1.93 bits per heavy atom. The second-order valence-corrected chi connectivity index (χ2v) is 3.69. The monoisotopic (exact) mass is 206 g/mol. The predicted molar refractivity (Wildman–Crippen MR) is 55.7 cm³/mol. The van der Waals surface area contributed by atoms with E-state index in [2.05, 4.69) is 22.4 Å². The lowest BCUT2D eigenvalue weighted by atomic mass is 10.2. The number of benzene rings is 1. The first-order chi connectivity index (χ1) is 6.81. The summed E-state index contributed by atoms with van der Waals surface area (Å²) >= 11 is 1.53. The molecule has 0 saturated carbocycles. The molecule has 0 spiro atoms. The molecular weight excluding hydrogens is 196 g/mol. The van der Waals surface area contributed by atoms with Crippen LogP contribution in [0.2, 0.25) is 0 Å². The number of rotatable bonds is 2. The van der Waals surface area contributed by atoms with Crippen molar-refractivity contribution in [2.75, 3.05) is 6.26 Å². The van der Waals surface area contributed by atoms with Crippen LogP contribution < -0.4 is 0 Å². The molecule has 4 nitrogen and oxygen atoms in total. The molecule has 0 unspecified atom stereocenters. The number of aromatic nitrogens is 4. The van der Waals surface area contributed by atoms with Crippen LogP contribution in [-0.4, -0.2) is 26.5 Å². The van der Waals surface area contributed by atoms with Gasteiger partial charge in [0.15, 0.2) is 0 Å². The van der Waals surface area contributed by atoms with Crippen molar-refractivity contribution in [3.05, 3.63) is 29.8 Å². The Hall–Kier alpha value is -1.36. The first-order valence-corrected chi connectivity index (χ1v) is 5.43. The summed E-state index contributed by atoms with van der Waals surface area (Å²) in [4.78, 5) is 0. The number of hydrogen-bond donors (Lipinski definition) is 0. The number of nitrogens with zero attached hydrogens (tertiary/aromatic N) is 4. The minimum absolute atomic E-state index is 0.800. The van der Waals surface area contributed by atoms with Gasteiger partial charge in [-0.3, -0.25) is 0 Å². The standard InChI is InChI=1S/C9H10N4S/c1-7-3-5-8(6-4-7)13-9(14-2)10-11-12-13/h3-6H,1-2H3. The predicted octanol–water partition coefficient (Wildman–Crippen LogP) is 1.69. The normalized spacial score (nSPS) is 10.4. The van der Waals surface area contributed by atoms with Crippen LogP contribution >= 0.6 is 11.8 Å². The summed E-state index contributed by atoms with van der Waals surface area (Å²) in [7, 11) is 0. The Kier molecular flexibility index (Phi) is 2.49. The third-order valence-corrected chi connectivity index (χ3v) is 2.52. The van der Waals surface area contributed by atoms with Crippen molar-refractivity contribution < 1.29 is 0 Å². The number of aryl methyl sites for hydroxylation is 1. The Labute approximate surface area is 86.3 Å². The van der Waals surface area contributed by atoms with Crippen molar-refractivity contribution in [1.29, 1.82) is 0 Å². The van der Waals surface area contributed by atoms with Gasteiger partial charge in [-0.25, -0.2) is 0 Å². The zero-order valence-corrected chi connectivity index (χ0v) is 8.82. The van der Waals surface area contributed by atoms with Gasteiger partial charge in [0, 0.05) is 0 Å². The van der Waals surface area contributed by atoms with Crippen LogP contribution in [0.4, 0.5) is 0 Å². The quantitative estimate of drug-likeness (QED) is 0.701. The molecule has 2 rings (SSSR count). The second kappa shape index (κ2) is 3.79. The van der Waals surface area contributed by atoms with E-state index in [9.17, 15) is 0 Å². The summed E-state index contributed by atoms with van der Waals surface area (Å²) < 4.78 is 1.73. The van der Waals surface area contributed by atoms with Gasteiger partial charge >= 0.3 is 0 Å². The molecule has 1 aromatic carbocycles. The van der Waals surface area contributed by atoms with Crippen molar-refractivity contribution in [1.82, 2.24) is 20.2 Å². The zero-order chi connectivity index (χ0) is 9.97. The van der Waals surface area contributed by atoms with Gasteiger partial charge in [-0.1, -0.05) is 29.5 Å². The molecular formula is C9H10N4S. The van der Waals surface area contributed by atoms with Crippen LogP contribution in [-0.2, 0) is 0 Å². The smallest absolute Gasteiger partial charge is 0.188 e. The summed E-state index contributed by atoms with van der Waals surface area (Å²) in [6.45, 7) is 2.05. The fourth-order valence-electron chi connectivity index (χ4n) is 1.15. The molecule has 72 valence electrons.